The summed E-state index contributed by atoms with van der Waals surface area (Å²) in [6, 6.07) is 11.0. The van der Waals surface area contributed by atoms with Crippen molar-refractivity contribution in [3.8, 4) is 11.5 Å². The minimum absolute atomic E-state index is 0.106. The first-order chi connectivity index (χ1) is 17.8. The lowest BCUT2D eigenvalue weighted by molar-refractivity contribution is 0.00465. The summed E-state index contributed by atoms with van der Waals surface area (Å²) in [7, 11) is 4.86. The maximum atomic E-state index is 13.5. The second kappa shape index (κ2) is 11.3. The number of aliphatic imine (C=N–C) groups is 1. The first-order valence-electron chi connectivity index (χ1n) is 12.9. The number of methoxy groups -OCH3 is 2. The summed E-state index contributed by atoms with van der Waals surface area (Å²) >= 11 is 0. The van der Waals surface area contributed by atoms with Crippen LogP contribution in [0.4, 0.5) is 5.69 Å². The van der Waals surface area contributed by atoms with Crippen LogP contribution < -0.4 is 25.4 Å². The van der Waals surface area contributed by atoms with Crippen molar-refractivity contribution in [3.63, 3.8) is 0 Å². The Kier molecular flexibility index (Phi) is 8.07. The van der Waals surface area contributed by atoms with Crippen LogP contribution >= 0.6 is 0 Å². The van der Waals surface area contributed by atoms with Crippen LogP contribution in [0.2, 0.25) is 0 Å². The van der Waals surface area contributed by atoms with Crippen LogP contribution in [0.15, 0.2) is 41.5 Å². The third-order valence-electron chi connectivity index (χ3n) is 7.65. The number of nitrogens with one attached hydrogen (secondary N) is 1. The van der Waals surface area contributed by atoms with E-state index in [0.29, 0.717) is 34.7 Å². The molecule has 5 rings (SSSR count). The highest BCUT2D eigenvalue weighted by molar-refractivity contribution is 6.11. The summed E-state index contributed by atoms with van der Waals surface area (Å²) in [5.74, 6) is 1.01. The summed E-state index contributed by atoms with van der Waals surface area (Å²) in [5.41, 5.74) is 10.9. The second-order valence-corrected chi connectivity index (χ2v) is 9.79. The lowest BCUT2D eigenvalue weighted by Gasteiger charge is -2.56. The summed E-state index contributed by atoms with van der Waals surface area (Å²) in [5, 5.41) is 3.18. The summed E-state index contributed by atoms with van der Waals surface area (Å²) in [6.45, 7) is 9.30. The van der Waals surface area contributed by atoms with Crippen molar-refractivity contribution in [2.45, 2.75) is 45.3 Å². The quantitative estimate of drug-likeness (QED) is 0.504. The lowest BCUT2D eigenvalue weighted by atomic mass is 9.87. The minimum Gasteiger partial charge on any atom is -0.493 e. The van der Waals surface area contributed by atoms with Crippen LogP contribution in [0.1, 0.15) is 53.4 Å². The molecule has 1 amide bonds. The van der Waals surface area contributed by atoms with Crippen LogP contribution in [-0.2, 0) is 0 Å². The van der Waals surface area contributed by atoms with Gasteiger partial charge in [-0.3, -0.25) is 14.7 Å². The van der Waals surface area contributed by atoms with Gasteiger partial charge in [-0.2, -0.15) is 0 Å². The number of aryl methyl sites for hydroxylation is 1. The van der Waals surface area contributed by atoms with E-state index in [1.165, 1.54) is 12.6 Å². The molecule has 2 bridgehead atoms. The lowest BCUT2D eigenvalue weighted by Crippen LogP contribution is -2.68. The Morgan fingerprint density at radius 1 is 1.19 bits per heavy atom. The highest BCUT2D eigenvalue weighted by atomic mass is 16.5. The van der Waals surface area contributed by atoms with Gasteiger partial charge in [0.05, 0.1) is 20.3 Å². The molecule has 3 aliphatic rings. The molecule has 3 atom stereocenters. The molecule has 0 spiro atoms. The van der Waals surface area contributed by atoms with Crippen molar-refractivity contribution < 1.29 is 14.3 Å². The standard InChI is InChI=1S/C29H39N5O3/c1-7-34-23-12-24(34)17-33(16-23)22-9-8-18(2)25(13-22)29(35)32-19(3)20-10-26(21(14-30)15-31-4)28(37-6)27(11-20)36-5/h8-11,13-15,19,23-24H,7,12,16-17,30H2,1-6H3,(H,32,35)/b21-14+,31-15?/t19-,23-,24+/m1/s1. The maximum absolute atomic E-state index is 13.5. The molecule has 3 fully saturated rings. The zero-order chi connectivity index (χ0) is 26.7. The Labute approximate surface area is 220 Å². The van der Waals surface area contributed by atoms with Crippen LogP contribution in [-0.4, -0.2) is 70.0 Å². The minimum atomic E-state index is -0.285. The van der Waals surface area contributed by atoms with E-state index in [-0.39, 0.29) is 11.9 Å². The van der Waals surface area contributed by atoms with Gasteiger partial charge in [0.2, 0.25) is 0 Å². The Morgan fingerprint density at radius 2 is 1.92 bits per heavy atom. The van der Waals surface area contributed by atoms with Gasteiger partial charge in [-0.1, -0.05) is 13.0 Å². The van der Waals surface area contributed by atoms with Crippen molar-refractivity contribution in [2.75, 3.05) is 45.8 Å². The highest BCUT2D eigenvalue weighted by Gasteiger charge is 2.43. The van der Waals surface area contributed by atoms with E-state index in [2.05, 4.69) is 33.1 Å². The van der Waals surface area contributed by atoms with E-state index in [1.54, 1.807) is 27.5 Å². The molecule has 0 aromatic heterocycles. The molecule has 3 N–H and O–H groups in total. The second-order valence-electron chi connectivity index (χ2n) is 9.79. The normalized spacial score (nSPS) is 20.5. The number of likely N-dealkylation sites (N-methyl/N-ethyl adjacent to an activating group) is 1. The van der Waals surface area contributed by atoms with Crippen molar-refractivity contribution in [1.82, 2.24) is 10.2 Å². The number of benzene rings is 2. The topological polar surface area (TPSA) is 92.4 Å². The van der Waals surface area contributed by atoms with Gasteiger partial charge in [-0.25, -0.2) is 0 Å². The van der Waals surface area contributed by atoms with Crippen molar-refractivity contribution in [1.29, 1.82) is 0 Å². The SMILES string of the molecule is CCN1[C@@H]2C[C@H]1CN(c1ccc(C)c(C(=O)N[C@H](C)c3cc(OC)c(OC)c(/C(C=NC)=C/N)c3)c1)C2. The zero-order valence-electron chi connectivity index (χ0n) is 22.7. The number of hydrogen-bond acceptors (Lipinski definition) is 7. The number of piperidine rings is 1. The number of piperazine rings is 1. The summed E-state index contributed by atoms with van der Waals surface area (Å²) in [4.78, 5) is 22.6. The van der Waals surface area contributed by atoms with Crippen LogP contribution in [0.3, 0.4) is 0 Å². The molecular weight excluding hydrogens is 466 g/mol. The Hall–Kier alpha value is -3.52. The van der Waals surface area contributed by atoms with Gasteiger partial charge in [-0.15, -0.1) is 0 Å². The zero-order valence-corrected chi connectivity index (χ0v) is 22.7. The van der Waals surface area contributed by atoms with E-state index in [9.17, 15) is 4.79 Å². The highest BCUT2D eigenvalue weighted by Crippen LogP contribution is 2.38. The summed E-state index contributed by atoms with van der Waals surface area (Å²) in [6.07, 6.45) is 4.43. The van der Waals surface area contributed by atoms with Gasteiger partial charge >= 0.3 is 0 Å². The largest absolute Gasteiger partial charge is 0.493 e. The third-order valence-corrected chi connectivity index (χ3v) is 7.65. The van der Waals surface area contributed by atoms with Crippen LogP contribution in [0.5, 0.6) is 11.5 Å². The first kappa shape index (κ1) is 26.5. The molecule has 2 aromatic carbocycles. The van der Waals surface area contributed by atoms with Gasteiger partial charge in [0.15, 0.2) is 11.5 Å². The number of allylic oxidation sites excluding steroid dienone is 1. The van der Waals surface area contributed by atoms with Crippen molar-refractivity contribution in [2.24, 2.45) is 10.7 Å². The average molecular weight is 506 g/mol. The molecule has 3 heterocycles. The van der Waals surface area contributed by atoms with E-state index in [4.69, 9.17) is 15.2 Å². The van der Waals surface area contributed by atoms with E-state index >= 15 is 0 Å². The van der Waals surface area contributed by atoms with Gasteiger partial charge in [0, 0.05) is 67.0 Å². The smallest absolute Gasteiger partial charge is 0.252 e. The molecule has 8 heteroatoms. The number of hydrogen-bond donors (Lipinski definition) is 2. The van der Waals surface area contributed by atoms with Crippen LogP contribution in [0, 0.1) is 6.92 Å². The van der Waals surface area contributed by atoms with E-state index in [1.807, 2.05) is 38.1 Å². The van der Waals surface area contributed by atoms with Crippen molar-refractivity contribution >= 4 is 23.4 Å². The Bertz CT molecular complexity index is 1200. The van der Waals surface area contributed by atoms with Crippen LogP contribution in [0.25, 0.3) is 5.57 Å². The number of ether oxygens (including phenoxy) is 2. The van der Waals surface area contributed by atoms with Gasteiger partial charge < -0.3 is 25.4 Å². The number of carbonyl (C=O) groups excluding carboxylic acids is 1. The molecule has 0 aliphatic carbocycles. The number of anilines is 1. The molecule has 0 unspecified atom stereocenters. The van der Waals surface area contributed by atoms with Crippen molar-refractivity contribution in [3.05, 3.63) is 58.8 Å². The fourth-order valence-corrected chi connectivity index (χ4v) is 5.61. The number of carbonyl (C=O) groups is 1. The van der Waals surface area contributed by atoms with Gasteiger partial charge in [0.1, 0.15) is 0 Å². The average Bonchev–Trinajstić information content (AvgIpc) is 2.91. The predicted octanol–water partition coefficient (Wildman–Crippen LogP) is 3.79. The molecule has 3 saturated heterocycles. The fraction of sp³-hybridized carbons (Fsp3) is 0.448. The first-order valence-corrected chi connectivity index (χ1v) is 12.9. The van der Waals surface area contributed by atoms with Gasteiger partial charge in [0.25, 0.3) is 5.91 Å². The molecule has 2 aromatic rings. The molecular formula is C29H39N5O3. The number of amides is 1. The maximum Gasteiger partial charge on any atom is 0.252 e. The summed E-state index contributed by atoms with van der Waals surface area (Å²) < 4.78 is 11.2. The van der Waals surface area contributed by atoms with E-state index in [0.717, 1.165) is 42.0 Å². The Balaban J connectivity index is 1.57. The molecule has 3 aliphatic heterocycles. The number of fused-ring (bicyclic) bond motifs is 2. The van der Waals surface area contributed by atoms with Gasteiger partial charge in [-0.05, 0) is 62.2 Å². The monoisotopic (exact) mass is 505 g/mol. The van der Waals surface area contributed by atoms with E-state index < -0.39 is 0 Å². The third kappa shape index (κ3) is 5.16. The molecule has 37 heavy (non-hydrogen) atoms. The molecule has 0 saturated carbocycles. The number of nitrogens with two attached hydrogens (primary N) is 1. The Morgan fingerprint density at radius 3 is 2.51 bits per heavy atom. The molecule has 0 radical (unpaired) electrons. The predicted molar refractivity (Wildman–Crippen MR) is 150 cm³/mol. The molecule has 8 nitrogen and oxygen atoms in total. The number of nitrogens with zero attached hydrogens (tertiary/aromatic N) is 3. The fourth-order valence-electron chi connectivity index (χ4n) is 5.61. The number of rotatable bonds is 9. The molecule has 198 valence electrons.